The summed E-state index contributed by atoms with van der Waals surface area (Å²) in [6.45, 7) is 6.19. The molecule has 0 saturated carbocycles. The minimum atomic E-state index is 0.417. The van der Waals surface area contributed by atoms with Gasteiger partial charge in [-0.15, -0.1) is 0 Å². The van der Waals surface area contributed by atoms with Crippen molar-refractivity contribution >= 4 is 11.6 Å². The molecule has 0 aromatic carbocycles. The molecule has 0 atom stereocenters. The van der Waals surface area contributed by atoms with Crippen LogP contribution in [0.1, 0.15) is 25.8 Å². The van der Waals surface area contributed by atoms with E-state index in [9.17, 15) is 0 Å². The Balaban J connectivity index is 2.51. The first-order valence-corrected chi connectivity index (χ1v) is 6.50. The van der Waals surface area contributed by atoms with Gasteiger partial charge in [0, 0.05) is 45.0 Å². The van der Waals surface area contributed by atoms with E-state index in [2.05, 4.69) is 24.1 Å². The zero-order chi connectivity index (χ0) is 13.4. The highest BCUT2D eigenvalue weighted by molar-refractivity contribution is 6.31. The third-order valence-electron chi connectivity index (χ3n) is 2.35. The number of hydrogen-bond donors (Lipinski definition) is 1. The van der Waals surface area contributed by atoms with Crippen LogP contribution in [0.15, 0.2) is 12.3 Å². The lowest BCUT2D eigenvalue weighted by molar-refractivity contribution is 0.170. The van der Waals surface area contributed by atoms with Gasteiger partial charge in [-0.05, 0) is 5.56 Å². The first kappa shape index (κ1) is 15.2. The summed E-state index contributed by atoms with van der Waals surface area (Å²) in [7, 11) is 1.68. The zero-order valence-corrected chi connectivity index (χ0v) is 12.0. The van der Waals surface area contributed by atoms with Gasteiger partial charge in [0.25, 0.3) is 0 Å². The molecule has 1 rings (SSSR count). The van der Waals surface area contributed by atoms with Gasteiger partial charge in [-0.3, -0.25) is 0 Å². The number of hydrogen-bond acceptors (Lipinski definition) is 4. The van der Waals surface area contributed by atoms with Gasteiger partial charge in [0.05, 0.1) is 11.6 Å². The van der Waals surface area contributed by atoms with Crippen molar-refractivity contribution in [2.75, 3.05) is 20.3 Å². The Morgan fingerprint density at radius 2 is 2.17 bits per heavy atom. The summed E-state index contributed by atoms with van der Waals surface area (Å²) < 4.78 is 10.5. The molecule has 1 aromatic rings. The van der Waals surface area contributed by atoms with Crippen LogP contribution in [0.3, 0.4) is 0 Å². The summed E-state index contributed by atoms with van der Waals surface area (Å²) in [6.07, 6.45) is 2.48. The highest BCUT2D eigenvalue weighted by atomic mass is 35.5. The fourth-order valence-electron chi connectivity index (χ4n) is 1.37. The van der Waals surface area contributed by atoms with Gasteiger partial charge in [-0.25, -0.2) is 4.98 Å². The molecule has 5 heteroatoms. The van der Waals surface area contributed by atoms with Gasteiger partial charge in [-0.1, -0.05) is 25.4 Å². The first-order chi connectivity index (χ1) is 8.63. The molecule has 18 heavy (non-hydrogen) atoms. The van der Waals surface area contributed by atoms with Gasteiger partial charge in [0.15, 0.2) is 0 Å². The molecule has 0 saturated heterocycles. The van der Waals surface area contributed by atoms with E-state index in [1.54, 1.807) is 13.3 Å². The Kier molecular flexibility index (Phi) is 7.01. The average Bonchev–Trinajstić information content (AvgIpc) is 2.34. The Hall–Kier alpha value is -0.840. The molecule has 0 aliphatic carbocycles. The van der Waals surface area contributed by atoms with Crippen molar-refractivity contribution in [1.29, 1.82) is 0 Å². The highest BCUT2D eigenvalue weighted by Crippen LogP contribution is 2.19. The Bertz CT molecular complexity index is 359. The summed E-state index contributed by atoms with van der Waals surface area (Å²) in [6, 6.07) is 2.30. The molecule has 0 radical (unpaired) electrons. The summed E-state index contributed by atoms with van der Waals surface area (Å²) in [4.78, 5) is 4.14. The van der Waals surface area contributed by atoms with Gasteiger partial charge >= 0.3 is 0 Å². The molecule has 1 N–H and O–H groups in total. The number of nitrogens with one attached hydrogen (secondary N) is 1. The second-order valence-corrected chi connectivity index (χ2v) is 4.75. The van der Waals surface area contributed by atoms with Gasteiger partial charge < -0.3 is 14.8 Å². The van der Waals surface area contributed by atoms with Gasteiger partial charge in [0.1, 0.15) is 0 Å². The lowest BCUT2D eigenvalue weighted by Crippen LogP contribution is -2.22. The Morgan fingerprint density at radius 3 is 2.83 bits per heavy atom. The van der Waals surface area contributed by atoms with Gasteiger partial charge in [0.2, 0.25) is 5.88 Å². The highest BCUT2D eigenvalue weighted by Gasteiger charge is 2.05. The number of nitrogens with zero attached hydrogens (tertiary/aromatic N) is 1. The number of methoxy groups -OCH3 is 1. The van der Waals surface area contributed by atoms with E-state index in [0.717, 1.165) is 12.0 Å². The molecule has 0 amide bonds. The third kappa shape index (κ3) is 5.67. The topological polar surface area (TPSA) is 43.4 Å². The lowest BCUT2D eigenvalue weighted by atomic mass is 10.2. The van der Waals surface area contributed by atoms with Crippen LogP contribution in [-0.2, 0) is 11.3 Å². The normalized spacial score (nSPS) is 10.9. The smallest absolute Gasteiger partial charge is 0.213 e. The van der Waals surface area contributed by atoms with Crippen LogP contribution in [0, 0.1) is 0 Å². The van der Waals surface area contributed by atoms with Crippen molar-refractivity contribution in [2.45, 2.75) is 32.9 Å². The van der Waals surface area contributed by atoms with Crippen LogP contribution in [0.5, 0.6) is 5.88 Å². The molecule has 102 valence electrons. The van der Waals surface area contributed by atoms with Crippen molar-refractivity contribution < 1.29 is 9.47 Å². The van der Waals surface area contributed by atoms with E-state index in [-0.39, 0.29) is 0 Å². The van der Waals surface area contributed by atoms with E-state index >= 15 is 0 Å². The lowest BCUT2D eigenvalue weighted by Gasteiger charge is -2.11. The summed E-state index contributed by atoms with van der Waals surface area (Å²) in [5.41, 5.74) is 1.00. The monoisotopic (exact) mass is 272 g/mol. The van der Waals surface area contributed by atoms with Crippen LogP contribution < -0.4 is 10.1 Å². The van der Waals surface area contributed by atoms with Crippen molar-refractivity contribution in [3.63, 3.8) is 0 Å². The van der Waals surface area contributed by atoms with Gasteiger partial charge in [-0.2, -0.15) is 0 Å². The number of halogens is 1. The number of ether oxygens (including phenoxy) is 2. The first-order valence-electron chi connectivity index (χ1n) is 6.13. The summed E-state index contributed by atoms with van der Waals surface area (Å²) in [5, 5.41) is 3.98. The van der Waals surface area contributed by atoms with Crippen molar-refractivity contribution in [2.24, 2.45) is 0 Å². The van der Waals surface area contributed by atoms with Crippen molar-refractivity contribution in [1.82, 2.24) is 10.3 Å². The predicted molar refractivity (Wildman–Crippen MR) is 73.2 cm³/mol. The minimum Gasteiger partial charge on any atom is -0.478 e. The molecule has 0 spiro atoms. The summed E-state index contributed by atoms with van der Waals surface area (Å²) >= 11 is 6.09. The fourth-order valence-corrected chi connectivity index (χ4v) is 1.54. The van der Waals surface area contributed by atoms with Crippen molar-refractivity contribution in [3.8, 4) is 5.88 Å². The quantitative estimate of drug-likeness (QED) is 0.739. The molecule has 1 heterocycles. The number of pyridine rings is 1. The Labute approximate surface area is 114 Å². The standard InChI is InChI=1S/C13H21ClN2O2/c1-10(2)15-8-11-7-13(16-9-12(11)14)18-6-4-5-17-3/h7,9-10,15H,4-6,8H2,1-3H3. The van der Waals surface area contributed by atoms with Crippen LogP contribution >= 0.6 is 11.6 Å². The third-order valence-corrected chi connectivity index (χ3v) is 2.69. The predicted octanol–water partition coefficient (Wildman–Crippen LogP) is 2.65. The second-order valence-electron chi connectivity index (χ2n) is 4.34. The van der Waals surface area contributed by atoms with E-state index < -0.39 is 0 Å². The zero-order valence-electron chi connectivity index (χ0n) is 11.2. The maximum absolute atomic E-state index is 6.09. The number of rotatable bonds is 8. The molecule has 0 fully saturated rings. The fraction of sp³-hybridized carbons (Fsp3) is 0.615. The molecule has 0 unspecified atom stereocenters. The molecule has 4 nitrogen and oxygen atoms in total. The Morgan fingerprint density at radius 1 is 1.39 bits per heavy atom. The van der Waals surface area contributed by atoms with Crippen LogP contribution in [-0.4, -0.2) is 31.3 Å². The molecule has 0 bridgehead atoms. The average molecular weight is 273 g/mol. The summed E-state index contributed by atoms with van der Waals surface area (Å²) in [5.74, 6) is 0.607. The molecular weight excluding hydrogens is 252 g/mol. The van der Waals surface area contributed by atoms with E-state index in [4.69, 9.17) is 21.1 Å². The largest absolute Gasteiger partial charge is 0.478 e. The van der Waals surface area contributed by atoms with Crippen LogP contribution in [0.4, 0.5) is 0 Å². The second kappa shape index (κ2) is 8.29. The van der Waals surface area contributed by atoms with Crippen LogP contribution in [0.25, 0.3) is 0 Å². The van der Waals surface area contributed by atoms with E-state index in [1.807, 2.05) is 6.07 Å². The number of aromatic nitrogens is 1. The molecule has 0 aliphatic heterocycles. The SMILES string of the molecule is COCCCOc1cc(CNC(C)C)c(Cl)cn1. The van der Waals surface area contributed by atoms with Crippen LogP contribution in [0.2, 0.25) is 5.02 Å². The van der Waals surface area contributed by atoms with Crippen molar-refractivity contribution in [3.05, 3.63) is 22.8 Å². The minimum absolute atomic E-state index is 0.417. The maximum Gasteiger partial charge on any atom is 0.213 e. The molecule has 1 aromatic heterocycles. The van der Waals surface area contributed by atoms with E-state index in [0.29, 0.717) is 36.7 Å². The maximum atomic E-state index is 6.09. The molecule has 0 aliphatic rings. The van der Waals surface area contributed by atoms with E-state index in [1.165, 1.54) is 0 Å². The molecular formula is C13H21ClN2O2.